The van der Waals surface area contributed by atoms with E-state index in [-0.39, 0.29) is 19.0 Å². The quantitative estimate of drug-likeness (QED) is 0.190. The van der Waals surface area contributed by atoms with E-state index in [0.717, 1.165) is 11.1 Å². The number of benzene rings is 3. The standard InChI is InChI=1S/C27H27N3O4/c1-2-18-16-21(9-8-19-6-4-3-5-7-19)25(34-15-14-31)23(17-18)24(27(32)33)30-22-12-10-20(11-13-22)26(28)29/h3-7,10-13,16-17,24,30-31H,2,14-15H2,1H3,(H3,28,29)(H,32,33). The summed E-state index contributed by atoms with van der Waals surface area (Å²) in [5.74, 6) is 5.36. The molecule has 0 aliphatic carbocycles. The van der Waals surface area contributed by atoms with Gasteiger partial charge in [-0.05, 0) is 60.5 Å². The van der Waals surface area contributed by atoms with E-state index in [9.17, 15) is 15.0 Å². The maximum Gasteiger partial charge on any atom is 0.330 e. The van der Waals surface area contributed by atoms with Gasteiger partial charge in [-0.1, -0.05) is 37.0 Å². The molecule has 0 amide bonds. The lowest BCUT2D eigenvalue weighted by Gasteiger charge is -2.22. The van der Waals surface area contributed by atoms with Crippen molar-refractivity contribution >= 4 is 17.5 Å². The Labute approximate surface area is 198 Å². The highest BCUT2D eigenvalue weighted by atomic mass is 16.5. The molecule has 0 aliphatic heterocycles. The predicted molar refractivity (Wildman–Crippen MR) is 132 cm³/mol. The summed E-state index contributed by atoms with van der Waals surface area (Å²) >= 11 is 0. The SMILES string of the molecule is CCc1cc(C#Cc2ccccc2)c(OCCO)c(C(Nc2ccc(C(=N)N)cc2)C(=O)O)c1. The number of amidine groups is 1. The second-order valence-corrected chi connectivity index (χ2v) is 7.51. The van der Waals surface area contributed by atoms with Crippen LogP contribution in [0.15, 0.2) is 66.7 Å². The maximum absolute atomic E-state index is 12.3. The third kappa shape index (κ3) is 6.15. The Hall–Kier alpha value is -4.28. The van der Waals surface area contributed by atoms with Crippen molar-refractivity contribution in [1.82, 2.24) is 0 Å². The zero-order valence-electron chi connectivity index (χ0n) is 18.8. The molecule has 3 aromatic rings. The topological polar surface area (TPSA) is 129 Å². The van der Waals surface area contributed by atoms with E-state index in [1.807, 2.05) is 43.3 Å². The first kappa shape index (κ1) is 24.4. The normalized spacial score (nSPS) is 11.1. The Bertz CT molecular complexity index is 1210. The number of rotatable bonds is 9. The number of aliphatic hydroxyl groups is 1. The molecule has 1 atom stereocenters. The summed E-state index contributed by atoms with van der Waals surface area (Å²) in [6.45, 7) is 1.75. The van der Waals surface area contributed by atoms with Crippen LogP contribution in [0.25, 0.3) is 0 Å². The van der Waals surface area contributed by atoms with Crippen LogP contribution in [0, 0.1) is 17.3 Å². The predicted octanol–water partition coefficient (Wildman–Crippen LogP) is 3.54. The smallest absolute Gasteiger partial charge is 0.330 e. The first-order chi connectivity index (χ1) is 16.4. The van der Waals surface area contributed by atoms with Gasteiger partial charge in [0.25, 0.3) is 0 Å². The van der Waals surface area contributed by atoms with E-state index in [1.165, 1.54) is 0 Å². The summed E-state index contributed by atoms with van der Waals surface area (Å²) in [6, 6.07) is 18.6. The molecule has 0 aliphatic rings. The Morgan fingerprint density at radius 3 is 2.41 bits per heavy atom. The van der Waals surface area contributed by atoms with E-state index >= 15 is 0 Å². The molecule has 0 saturated carbocycles. The largest absolute Gasteiger partial charge is 0.489 e. The molecule has 0 radical (unpaired) electrons. The fourth-order valence-corrected chi connectivity index (χ4v) is 3.38. The minimum absolute atomic E-state index is 0.00185. The number of hydrogen-bond donors (Lipinski definition) is 5. The van der Waals surface area contributed by atoms with Gasteiger partial charge in [-0.25, -0.2) is 4.79 Å². The van der Waals surface area contributed by atoms with E-state index in [2.05, 4.69) is 17.2 Å². The number of carboxylic acid groups (broad SMARTS) is 1. The molecule has 0 heterocycles. The maximum atomic E-state index is 12.3. The average Bonchev–Trinajstić information content (AvgIpc) is 2.85. The van der Waals surface area contributed by atoms with E-state index in [4.69, 9.17) is 15.9 Å². The highest BCUT2D eigenvalue weighted by Gasteiger charge is 2.26. The Morgan fingerprint density at radius 2 is 1.82 bits per heavy atom. The molecule has 0 fully saturated rings. The van der Waals surface area contributed by atoms with Crippen LogP contribution in [0.1, 0.15) is 40.8 Å². The zero-order chi connectivity index (χ0) is 24.5. The second-order valence-electron chi connectivity index (χ2n) is 7.51. The molecule has 3 aromatic carbocycles. The molecule has 0 spiro atoms. The molecule has 0 aromatic heterocycles. The second kappa shape index (κ2) is 11.5. The number of nitrogen functional groups attached to an aromatic ring is 1. The van der Waals surface area contributed by atoms with Crippen LogP contribution in [0.4, 0.5) is 5.69 Å². The van der Waals surface area contributed by atoms with Crippen LogP contribution >= 0.6 is 0 Å². The fraction of sp³-hybridized carbons (Fsp3) is 0.185. The van der Waals surface area contributed by atoms with Gasteiger partial charge in [0.1, 0.15) is 18.2 Å². The van der Waals surface area contributed by atoms with Crippen molar-refractivity contribution < 1.29 is 19.7 Å². The summed E-state index contributed by atoms with van der Waals surface area (Å²) in [5.41, 5.74) is 9.27. The number of hydrogen-bond acceptors (Lipinski definition) is 5. The first-order valence-corrected chi connectivity index (χ1v) is 10.8. The highest BCUT2D eigenvalue weighted by molar-refractivity contribution is 5.95. The molecule has 7 heteroatoms. The Morgan fingerprint density at radius 1 is 1.12 bits per heavy atom. The fourth-order valence-electron chi connectivity index (χ4n) is 3.38. The minimum atomic E-state index is -1.14. The monoisotopic (exact) mass is 457 g/mol. The van der Waals surface area contributed by atoms with Crippen molar-refractivity contribution in [3.05, 3.63) is 94.5 Å². The van der Waals surface area contributed by atoms with Gasteiger partial charge in [-0.3, -0.25) is 5.41 Å². The van der Waals surface area contributed by atoms with Crippen molar-refractivity contribution in [2.24, 2.45) is 5.73 Å². The number of ether oxygens (including phenoxy) is 1. The molecule has 174 valence electrons. The number of carboxylic acids is 1. The van der Waals surface area contributed by atoms with Crippen LogP contribution in [-0.2, 0) is 11.2 Å². The van der Waals surface area contributed by atoms with Gasteiger partial charge in [0.15, 0.2) is 6.04 Å². The average molecular weight is 458 g/mol. The van der Waals surface area contributed by atoms with Gasteiger partial charge >= 0.3 is 5.97 Å². The van der Waals surface area contributed by atoms with Crippen molar-refractivity contribution in [3.63, 3.8) is 0 Å². The van der Waals surface area contributed by atoms with Crippen LogP contribution in [0.5, 0.6) is 5.75 Å². The van der Waals surface area contributed by atoms with Gasteiger partial charge < -0.3 is 26.0 Å². The molecular weight excluding hydrogens is 430 g/mol. The summed E-state index contributed by atoms with van der Waals surface area (Å²) < 4.78 is 5.82. The summed E-state index contributed by atoms with van der Waals surface area (Å²) in [4.78, 5) is 12.3. The molecule has 0 bridgehead atoms. The van der Waals surface area contributed by atoms with Crippen molar-refractivity contribution in [3.8, 4) is 17.6 Å². The molecule has 34 heavy (non-hydrogen) atoms. The van der Waals surface area contributed by atoms with Crippen molar-refractivity contribution in [2.45, 2.75) is 19.4 Å². The molecule has 7 nitrogen and oxygen atoms in total. The van der Waals surface area contributed by atoms with Gasteiger partial charge in [0, 0.05) is 22.4 Å². The van der Waals surface area contributed by atoms with Crippen LogP contribution in [-0.4, -0.2) is 35.2 Å². The van der Waals surface area contributed by atoms with E-state index < -0.39 is 12.0 Å². The third-order valence-electron chi connectivity index (χ3n) is 5.10. The number of nitrogens with two attached hydrogens (primary N) is 1. The van der Waals surface area contributed by atoms with E-state index in [1.54, 1.807) is 30.3 Å². The Balaban J connectivity index is 2.09. The van der Waals surface area contributed by atoms with E-state index in [0.29, 0.717) is 34.5 Å². The number of nitrogens with one attached hydrogen (secondary N) is 2. The highest BCUT2D eigenvalue weighted by Crippen LogP contribution is 2.33. The van der Waals surface area contributed by atoms with Crippen LogP contribution < -0.4 is 15.8 Å². The Kier molecular flexibility index (Phi) is 8.27. The molecule has 3 rings (SSSR count). The number of carbonyl (C=O) groups is 1. The summed E-state index contributed by atoms with van der Waals surface area (Å²) in [6.07, 6.45) is 0.674. The summed E-state index contributed by atoms with van der Waals surface area (Å²) in [7, 11) is 0. The van der Waals surface area contributed by atoms with Gasteiger partial charge in [-0.2, -0.15) is 0 Å². The van der Waals surface area contributed by atoms with Crippen LogP contribution in [0.2, 0.25) is 0 Å². The number of aliphatic hydroxyl groups excluding tert-OH is 1. The number of anilines is 1. The first-order valence-electron chi connectivity index (χ1n) is 10.8. The molecule has 6 N–H and O–H groups in total. The van der Waals surface area contributed by atoms with Gasteiger partial charge in [-0.15, -0.1) is 0 Å². The summed E-state index contributed by atoms with van der Waals surface area (Å²) in [5, 5.41) is 30.0. The van der Waals surface area contributed by atoms with Gasteiger partial charge in [0.05, 0.1) is 12.2 Å². The third-order valence-corrected chi connectivity index (χ3v) is 5.10. The lowest BCUT2D eigenvalue weighted by molar-refractivity contribution is -0.138. The number of aliphatic carboxylic acids is 1. The molecular formula is C27H27N3O4. The molecule has 0 saturated heterocycles. The lowest BCUT2D eigenvalue weighted by Crippen LogP contribution is -2.22. The minimum Gasteiger partial charge on any atom is -0.489 e. The van der Waals surface area contributed by atoms with Gasteiger partial charge in [0.2, 0.25) is 0 Å². The van der Waals surface area contributed by atoms with Crippen molar-refractivity contribution in [1.29, 1.82) is 5.41 Å². The molecule has 1 unspecified atom stereocenters. The zero-order valence-corrected chi connectivity index (χ0v) is 18.8. The van der Waals surface area contributed by atoms with Crippen molar-refractivity contribution in [2.75, 3.05) is 18.5 Å². The lowest BCUT2D eigenvalue weighted by atomic mass is 9.96. The van der Waals surface area contributed by atoms with Crippen LogP contribution in [0.3, 0.4) is 0 Å². The number of aryl methyl sites for hydroxylation is 1.